The normalized spacial score (nSPS) is 37.6. The van der Waals surface area contributed by atoms with Gasteiger partial charge in [-0.15, -0.1) is 0 Å². The van der Waals surface area contributed by atoms with Gasteiger partial charge in [0.15, 0.2) is 8.32 Å². The monoisotopic (exact) mass is 408 g/mol. The van der Waals surface area contributed by atoms with Crippen molar-refractivity contribution in [2.75, 3.05) is 6.61 Å². The average Bonchev–Trinajstić information content (AvgIpc) is 2.98. The fourth-order valence-corrected chi connectivity index (χ4v) is 10.1. The molecule has 0 radical (unpaired) electrons. The lowest BCUT2D eigenvalue weighted by molar-refractivity contribution is -0.0400. The second-order valence-corrected chi connectivity index (χ2v) is 22.3. The minimum atomic E-state index is -1.74. The predicted molar refractivity (Wildman–Crippen MR) is 121 cm³/mol. The van der Waals surface area contributed by atoms with Gasteiger partial charge in [0, 0.05) is 12.0 Å². The molecule has 1 spiro atoms. The summed E-state index contributed by atoms with van der Waals surface area (Å²) in [5.74, 6) is 1.93. The lowest BCUT2D eigenvalue weighted by Gasteiger charge is -2.45. The summed E-state index contributed by atoms with van der Waals surface area (Å²) >= 11 is 0. The molecule has 2 fully saturated rings. The number of rotatable bonds is 4. The van der Waals surface area contributed by atoms with Crippen molar-refractivity contribution in [1.82, 2.24) is 0 Å². The highest BCUT2D eigenvalue weighted by Gasteiger charge is 2.60. The molecule has 0 heterocycles. The van der Waals surface area contributed by atoms with E-state index in [4.69, 9.17) is 4.43 Å². The molecule has 3 aliphatic rings. The number of hydrogen-bond donors (Lipinski definition) is 1. The molecule has 3 rings (SSSR count). The smallest absolute Gasteiger partial charge is 0.192 e. The first-order valence-electron chi connectivity index (χ1n) is 11.3. The maximum atomic E-state index is 11.3. The number of aliphatic hydroxyl groups is 1. The SMILES string of the molecule is C[C@@H]1C[C@H]2CCC3=C([Si](C)(C)C)[C@H](CO[Si](C)(C)C(C)(C)C)C[C@@]32[C@@H](O)C1. The van der Waals surface area contributed by atoms with Gasteiger partial charge in [0.1, 0.15) is 0 Å². The third-order valence-corrected chi connectivity index (χ3v) is 15.3. The highest BCUT2D eigenvalue weighted by molar-refractivity contribution is 6.83. The Morgan fingerprint density at radius 1 is 1.11 bits per heavy atom. The van der Waals surface area contributed by atoms with Crippen LogP contribution in [0.25, 0.3) is 0 Å². The fraction of sp³-hybridized carbons (Fsp3) is 0.913. The van der Waals surface area contributed by atoms with E-state index in [0.29, 0.717) is 17.8 Å². The number of aliphatic hydroxyl groups excluding tert-OH is 1. The second-order valence-electron chi connectivity index (χ2n) is 12.5. The van der Waals surface area contributed by atoms with Crippen molar-refractivity contribution in [1.29, 1.82) is 0 Å². The Bertz CT molecular complexity index is 611. The summed E-state index contributed by atoms with van der Waals surface area (Å²) in [6.07, 6.45) is 5.89. The Morgan fingerprint density at radius 3 is 2.30 bits per heavy atom. The van der Waals surface area contributed by atoms with Gasteiger partial charge < -0.3 is 9.53 Å². The first-order valence-corrected chi connectivity index (χ1v) is 17.7. The number of hydrogen-bond acceptors (Lipinski definition) is 2. The average molecular weight is 409 g/mol. The van der Waals surface area contributed by atoms with Gasteiger partial charge in [-0.2, -0.15) is 0 Å². The Hall–Kier alpha value is 0.0938. The molecule has 0 aromatic carbocycles. The van der Waals surface area contributed by atoms with Crippen molar-refractivity contribution in [2.24, 2.45) is 23.2 Å². The van der Waals surface area contributed by atoms with Crippen LogP contribution in [0.5, 0.6) is 0 Å². The van der Waals surface area contributed by atoms with Crippen LogP contribution >= 0.6 is 0 Å². The topological polar surface area (TPSA) is 29.5 Å². The molecule has 1 N–H and O–H groups in total. The third kappa shape index (κ3) is 3.57. The maximum Gasteiger partial charge on any atom is 0.192 e. The van der Waals surface area contributed by atoms with E-state index in [1.54, 1.807) is 10.8 Å². The van der Waals surface area contributed by atoms with Gasteiger partial charge >= 0.3 is 0 Å². The molecule has 0 aromatic heterocycles. The molecule has 2 saturated carbocycles. The van der Waals surface area contributed by atoms with E-state index < -0.39 is 16.4 Å². The Labute approximate surface area is 170 Å². The van der Waals surface area contributed by atoms with Crippen LogP contribution in [0.3, 0.4) is 0 Å². The van der Waals surface area contributed by atoms with Gasteiger partial charge in [0.2, 0.25) is 0 Å². The molecule has 0 aromatic rings. The highest BCUT2D eigenvalue weighted by atomic mass is 28.4. The summed E-state index contributed by atoms with van der Waals surface area (Å²) in [7, 11) is -3.18. The lowest BCUT2D eigenvalue weighted by Crippen LogP contribution is -2.45. The largest absolute Gasteiger partial charge is 0.416 e. The van der Waals surface area contributed by atoms with Crippen LogP contribution < -0.4 is 0 Å². The lowest BCUT2D eigenvalue weighted by atomic mass is 9.61. The van der Waals surface area contributed by atoms with Crippen LogP contribution in [0.1, 0.15) is 59.8 Å². The summed E-state index contributed by atoms with van der Waals surface area (Å²) in [5.41, 5.74) is 1.80. The Balaban J connectivity index is 1.93. The maximum absolute atomic E-state index is 11.3. The minimum Gasteiger partial charge on any atom is -0.416 e. The third-order valence-electron chi connectivity index (χ3n) is 8.52. The van der Waals surface area contributed by atoms with E-state index >= 15 is 0 Å². The van der Waals surface area contributed by atoms with Crippen LogP contribution in [0.15, 0.2) is 10.8 Å². The van der Waals surface area contributed by atoms with E-state index in [2.05, 4.69) is 60.4 Å². The van der Waals surface area contributed by atoms with Gasteiger partial charge in [-0.25, -0.2) is 0 Å². The van der Waals surface area contributed by atoms with Gasteiger partial charge in [-0.3, -0.25) is 0 Å². The molecule has 0 aliphatic heterocycles. The van der Waals surface area contributed by atoms with Crippen molar-refractivity contribution in [2.45, 2.75) is 104 Å². The zero-order chi connectivity index (χ0) is 20.4. The fourth-order valence-electron chi connectivity index (χ4n) is 6.33. The quantitative estimate of drug-likeness (QED) is 0.546. The van der Waals surface area contributed by atoms with E-state index in [1.165, 1.54) is 19.3 Å². The predicted octanol–water partition coefficient (Wildman–Crippen LogP) is 6.39. The molecule has 5 atom stereocenters. The minimum absolute atomic E-state index is 0.101. The van der Waals surface area contributed by atoms with Crippen LogP contribution in [-0.2, 0) is 4.43 Å². The highest BCUT2D eigenvalue weighted by Crippen LogP contribution is 2.65. The Kier molecular flexibility index (Phi) is 5.50. The molecular formula is C23H44O2Si2. The first-order chi connectivity index (χ1) is 12.2. The molecule has 2 nitrogen and oxygen atoms in total. The molecule has 156 valence electrons. The summed E-state index contributed by atoms with van der Waals surface area (Å²) in [6, 6.07) is 0. The van der Waals surface area contributed by atoms with Gasteiger partial charge in [-0.05, 0) is 68.0 Å². The van der Waals surface area contributed by atoms with E-state index in [-0.39, 0.29) is 16.6 Å². The van der Waals surface area contributed by atoms with Crippen molar-refractivity contribution in [3.63, 3.8) is 0 Å². The molecule has 0 saturated heterocycles. The van der Waals surface area contributed by atoms with Crippen molar-refractivity contribution in [3.05, 3.63) is 10.8 Å². The van der Waals surface area contributed by atoms with Gasteiger partial charge in [0.05, 0.1) is 14.2 Å². The van der Waals surface area contributed by atoms with Crippen LogP contribution in [0.2, 0.25) is 37.8 Å². The standard InChI is InChI=1S/C23H44O2Si2/c1-16-12-18-10-11-19-21(26(5,6)7)17(14-23(18,19)20(24)13-16)15-25-27(8,9)22(2,3)4/h16-18,20,24H,10-15H2,1-9H3/t16-,17+,18-,20+,23+/m1/s1. The molecule has 0 bridgehead atoms. The van der Waals surface area contributed by atoms with E-state index in [1.807, 2.05) is 0 Å². The summed E-state index contributed by atoms with van der Waals surface area (Å²) < 4.78 is 6.75. The first kappa shape index (κ1) is 21.8. The van der Waals surface area contributed by atoms with Gasteiger partial charge in [0.25, 0.3) is 0 Å². The zero-order valence-corrected chi connectivity index (χ0v) is 21.4. The molecule has 0 amide bonds. The van der Waals surface area contributed by atoms with Gasteiger partial charge in [-0.1, -0.05) is 58.1 Å². The van der Waals surface area contributed by atoms with E-state index in [0.717, 1.165) is 19.4 Å². The second kappa shape index (κ2) is 6.82. The molecule has 27 heavy (non-hydrogen) atoms. The summed E-state index contributed by atoms with van der Waals surface area (Å²) in [5, 5.41) is 13.4. The van der Waals surface area contributed by atoms with Crippen molar-refractivity contribution < 1.29 is 9.53 Å². The summed E-state index contributed by atoms with van der Waals surface area (Å²) in [4.78, 5) is 0. The molecule has 3 aliphatic carbocycles. The molecule has 0 unspecified atom stereocenters. The summed E-state index contributed by atoms with van der Waals surface area (Å²) in [6.45, 7) is 22.5. The van der Waals surface area contributed by atoms with Crippen molar-refractivity contribution in [3.8, 4) is 0 Å². The van der Waals surface area contributed by atoms with E-state index in [9.17, 15) is 5.11 Å². The van der Waals surface area contributed by atoms with Crippen LogP contribution in [0, 0.1) is 23.2 Å². The van der Waals surface area contributed by atoms with Crippen molar-refractivity contribution >= 4 is 16.4 Å². The van der Waals surface area contributed by atoms with Crippen LogP contribution in [0.4, 0.5) is 0 Å². The van der Waals surface area contributed by atoms with Crippen LogP contribution in [-0.4, -0.2) is 34.2 Å². The molecule has 4 heteroatoms. The Morgan fingerprint density at radius 2 is 1.74 bits per heavy atom. The zero-order valence-electron chi connectivity index (χ0n) is 19.4. The molecular weight excluding hydrogens is 364 g/mol.